The SMILES string of the molecule is O=C1COc2cc(NC(=O)NNc3ccc(F)cc3)c(Cl)cc2N1. The van der Waals surface area contributed by atoms with E-state index in [0.717, 1.165) is 0 Å². The number of anilines is 3. The van der Waals surface area contributed by atoms with Crippen molar-refractivity contribution in [3.8, 4) is 5.75 Å². The molecule has 0 saturated heterocycles. The molecule has 0 fully saturated rings. The summed E-state index contributed by atoms with van der Waals surface area (Å²) in [5, 5.41) is 5.39. The lowest BCUT2D eigenvalue weighted by atomic mass is 10.2. The molecule has 1 aliphatic rings. The van der Waals surface area contributed by atoms with Gasteiger partial charge in [0.05, 0.1) is 22.1 Å². The summed E-state index contributed by atoms with van der Waals surface area (Å²) in [5.74, 6) is -0.251. The van der Waals surface area contributed by atoms with E-state index in [4.69, 9.17) is 16.3 Å². The number of carbonyl (C=O) groups is 2. The van der Waals surface area contributed by atoms with Gasteiger partial charge >= 0.3 is 6.03 Å². The van der Waals surface area contributed by atoms with Crippen LogP contribution in [0.25, 0.3) is 0 Å². The zero-order valence-electron chi connectivity index (χ0n) is 12.2. The maximum atomic E-state index is 12.8. The van der Waals surface area contributed by atoms with E-state index >= 15 is 0 Å². The summed E-state index contributed by atoms with van der Waals surface area (Å²) in [6, 6.07) is 7.87. The number of fused-ring (bicyclic) bond motifs is 1. The van der Waals surface area contributed by atoms with Crippen LogP contribution in [0.4, 0.5) is 26.2 Å². The number of nitrogens with one attached hydrogen (secondary N) is 4. The van der Waals surface area contributed by atoms with Gasteiger partial charge in [-0.3, -0.25) is 15.6 Å². The van der Waals surface area contributed by atoms with Gasteiger partial charge in [0.1, 0.15) is 11.6 Å². The minimum Gasteiger partial charge on any atom is -0.482 e. The third-order valence-corrected chi connectivity index (χ3v) is 3.43. The number of amides is 3. The molecule has 0 bridgehead atoms. The molecule has 0 unspecified atom stereocenters. The standard InChI is InChI=1S/C15H12ClFN4O3/c16-10-5-12-13(24-7-14(22)18-12)6-11(10)19-15(23)21-20-9-3-1-8(17)2-4-9/h1-6,20H,7H2,(H,18,22)(H2,19,21,23). The lowest BCUT2D eigenvalue weighted by Gasteiger charge is -2.19. The highest BCUT2D eigenvalue weighted by molar-refractivity contribution is 6.34. The largest absolute Gasteiger partial charge is 0.482 e. The van der Waals surface area contributed by atoms with Gasteiger partial charge in [0.15, 0.2) is 6.61 Å². The fraction of sp³-hybridized carbons (Fsp3) is 0.0667. The summed E-state index contributed by atoms with van der Waals surface area (Å²) in [5.41, 5.74) is 6.26. The Balaban J connectivity index is 1.64. The van der Waals surface area contributed by atoms with Crippen LogP contribution in [-0.2, 0) is 4.79 Å². The Bertz CT molecular complexity index is 798. The van der Waals surface area contributed by atoms with Crippen LogP contribution in [0.2, 0.25) is 5.02 Å². The highest BCUT2D eigenvalue weighted by atomic mass is 35.5. The van der Waals surface area contributed by atoms with E-state index in [1.807, 2.05) is 0 Å². The van der Waals surface area contributed by atoms with E-state index in [1.54, 1.807) is 0 Å². The molecule has 0 saturated carbocycles. The molecule has 7 nitrogen and oxygen atoms in total. The maximum absolute atomic E-state index is 12.8. The zero-order valence-corrected chi connectivity index (χ0v) is 12.9. The van der Waals surface area contributed by atoms with E-state index in [2.05, 4.69) is 21.5 Å². The first-order valence-corrected chi connectivity index (χ1v) is 7.24. The molecule has 1 aliphatic heterocycles. The minimum absolute atomic E-state index is 0.105. The summed E-state index contributed by atoms with van der Waals surface area (Å²) in [7, 11) is 0. The third-order valence-electron chi connectivity index (χ3n) is 3.11. The van der Waals surface area contributed by atoms with E-state index in [9.17, 15) is 14.0 Å². The van der Waals surface area contributed by atoms with Gasteiger partial charge in [0.2, 0.25) is 0 Å². The fourth-order valence-corrected chi connectivity index (χ4v) is 2.22. The highest BCUT2D eigenvalue weighted by Gasteiger charge is 2.19. The monoisotopic (exact) mass is 350 g/mol. The van der Waals surface area contributed by atoms with Crippen LogP contribution < -0.4 is 26.2 Å². The van der Waals surface area contributed by atoms with E-state index in [-0.39, 0.29) is 23.4 Å². The number of urea groups is 1. The second-order valence-corrected chi connectivity index (χ2v) is 5.28. The molecule has 0 spiro atoms. The van der Waals surface area contributed by atoms with Crippen molar-refractivity contribution < 1.29 is 18.7 Å². The van der Waals surface area contributed by atoms with Crippen molar-refractivity contribution in [1.29, 1.82) is 0 Å². The molecular formula is C15H12ClFN4O3. The molecule has 24 heavy (non-hydrogen) atoms. The maximum Gasteiger partial charge on any atom is 0.337 e. The Labute approximate surface area is 141 Å². The van der Waals surface area contributed by atoms with Crippen molar-refractivity contribution in [3.63, 3.8) is 0 Å². The average molecular weight is 351 g/mol. The van der Waals surface area contributed by atoms with E-state index in [0.29, 0.717) is 22.8 Å². The van der Waals surface area contributed by atoms with Gasteiger partial charge < -0.3 is 15.4 Å². The zero-order chi connectivity index (χ0) is 17.1. The molecule has 2 aromatic carbocycles. The van der Waals surface area contributed by atoms with Crippen molar-refractivity contribution in [1.82, 2.24) is 5.43 Å². The first-order chi connectivity index (χ1) is 11.5. The van der Waals surface area contributed by atoms with Crippen LogP contribution in [0.1, 0.15) is 0 Å². The molecule has 0 radical (unpaired) electrons. The van der Waals surface area contributed by atoms with Crippen LogP contribution in [-0.4, -0.2) is 18.5 Å². The normalized spacial score (nSPS) is 12.5. The molecule has 9 heteroatoms. The summed E-state index contributed by atoms with van der Waals surface area (Å²) in [6.07, 6.45) is 0. The Kier molecular flexibility index (Phi) is 4.39. The van der Waals surface area contributed by atoms with Gasteiger partial charge in [0.25, 0.3) is 5.91 Å². The molecular weight excluding hydrogens is 339 g/mol. The van der Waals surface area contributed by atoms with Crippen LogP contribution in [0.15, 0.2) is 36.4 Å². The molecule has 0 aliphatic carbocycles. The topological polar surface area (TPSA) is 91.5 Å². The summed E-state index contributed by atoms with van der Waals surface area (Å²) in [4.78, 5) is 23.1. The van der Waals surface area contributed by atoms with Crippen molar-refractivity contribution >= 4 is 40.6 Å². The first-order valence-electron chi connectivity index (χ1n) is 6.86. The third kappa shape index (κ3) is 3.66. The molecule has 0 aromatic heterocycles. The van der Waals surface area contributed by atoms with Gasteiger partial charge in [-0.1, -0.05) is 11.6 Å². The first kappa shape index (κ1) is 15.9. The van der Waals surface area contributed by atoms with Gasteiger partial charge in [-0.05, 0) is 30.3 Å². The lowest BCUT2D eigenvalue weighted by molar-refractivity contribution is -0.118. The van der Waals surface area contributed by atoms with Crippen LogP contribution in [0.3, 0.4) is 0 Å². The molecule has 2 aromatic rings. The Morgan fingerprint density at radius 3 is 2.75 bits per heavy atom. The number of rotatable bonds is 3. The van der Waals surface area contributed by atoms with Crippen LogP contribution in [0, 0.1) is 5.82 Å². The number of hydrazine groups is 1. The predicted octanol–water partition coefficient (Wildman–Crippen LogP) is 2.96. The molecule has 0 atom stereocenters. The molecule has 124 valence electrons. The predicted molar refractivity (Wildman–Crippen MR) is 87.8 cm³/mol. The van der Waals surface area contributed by atoms with E-state index in [1.165, 1.54) is 36.4 Å². The number of hydrogen-bond donors (Lipinski definition) is 4. The van der Waals surface area contributed by atoms with Crippen LogP contribution in [0.5, 0.6) is 5.75 Å². The number of ether oxygens (including phenoxy) is 1. The number of benzene rings is 2. The number of halogens is 2. The second kappa shape index (κ2) is 6.63. The van der Waals surface area contributed by atoms with Crippen LogP contribution >= 0.6 is 11.6 Å². The van der Waals surface area contributed by atoms with E-state index < -0.39 is 6.03 Å². The summed E-state index contributed by atoms with van der Waals surface area (Å²) in [6.45, 7) is -0.105. The summed E-state index contributed by atoms with van der Waals surface area (Å²) >= 11 is 6.08. The number of carbonyl (C=O) groups excluding carboxylic acids is 2. The Morgan fingerprint density at radius 1 is 1.25 bits per heavy atom. The second-order valence-electron chi connectivity index (χ2n) is 4.88. The highest BCUT2D eigenvalue weighted by Crippen LogP contribution is 2.36. The minimum atomic E-state index is -0.582. The average Bonchev–Trinajstić information content (AvgIpc) is 2.55. The van der Waals surface area contributed by atoms with Gasteiger partial charge in [-0.25, -0.2) is 9.18 Å². The van der Waals surface area contributed by atoms with Gasteiger partial charge in [-0.15, -0.1) is 0 Å². The fourth-order valence-electron chi connectivity index (χ4n) is 2.01. The summed E-state index contributed by atoms with van der Waals surface area (Å²) < 4.78 is 18.1. The number of hydrogen-bond acceptors (Lipinski definition) is 4. The van der Waals surface area contributed by atoms with Gasteiger partial charge in [-0.2, -0.15) is 0 Å². The molecule has 3 rings (SSSR count). The molecule has 4 N–H and O–H groups in total. The molecule has 1 heterocycles. The molecule has 3 amide bonds. The van der Waals surface area contributed by atoms with Crippen molar-refractivity contribution in [2.45, 2.75) is 0 Å². The van der Waals surface area contributed by atoms with Gasteiger partial charge in [0, 0.05) is 6.07 Å². The van der Waals surface area contributed by atoms with Crippen molar-refractivity contribution in [2.24, 2.45) is 0 Å². The smallest absolute Gasteiger partial charge is 0.337 e. The Hall–Kier alpha value is -3.00. The quantitative estimate of drug-likeness (QED) is 0.640. The lowest BCUT2D eigenvalue weighted by Crippen LogP contribution is -2.33. The van der Waals surface area contributed by atoms with Crippen molar-refractivity contribution in [2.75, 3.05) is 22.7 Å². The van der Waals surface area contributed by atoms with Crippen molar-refractivity contribution in [3.05, 3.63) is 47.2 Å². The Morgan fingerprint density at radius 2 is 2.00 bits per heavy atom.